The van der Waals surface area contributed by atoms with Crippen LogP contribution in [0.25, 0.3) is 32.5 Å². The maximum Gasteiger partial charge on any atom is 0.222 e. The highest BCUT2D eigenvalue weighted by molar-refractivity contribution is 14.1. The summed E-state index contributed by atoms with van der Waals surface area (Å²) in [4.78, 5) is 13.1. The molecule has 0 saturated heterocycles. The molecule has 1 aromatic carbocycles. The van der Waals surface area contributed by atoms with Gasteiger partial charge in [0.2, 0.25) is 5.88 Å². The van der Waals surface area contributed by atoms with Gasteiger partial charge >= 0.3 is 0 Å². The first kappa shape index (κ1) is 12.9. The summed E-state index contributed by atoms with van der Waals surface area (Å²) in [5, 5.41) is 13.9. The molecule has 0 radical (unpaired) electrons. The van der Waals surface area contributed by atoms with Gasteiger partial charge in [0.1, 0.15) is 5.69 Å². The number of nitrogens with zero attached hydrogens (tertiary/aromatic N) is 3. The first-order valence-electron chi connectivity index (χ1n) is 6.20. The Morgan fingerprint density at radius 3 is 2.90 bits per heavy atom. The molecule has 0 bridgehead atoms. The Morgan fingerprint density at radius 1 is 1.10 bits per heavy atom. The average molecular weight is 405 g/mol. The second-order valence-corrected chi connectivity index (χ2v) is 6.75. The fraction of sp³-hybridized carbons (Fsp3) is 0. The van der Waals surface area contributed by atoms with E-state index < -0.39 is 0 Å². The van der Waals surface area contributed by atoms with Crippen molar-refractivity contribution in [1.82, 2.24) is 15.0 Å². The lowest BCUT2D eigenvalue weighted by Crippen LogP contribution is -1.93. The van der Waals surface area contributed by atoms with E-state index >= 15 is 0 Å². The van der Waals surface area contributed by atoms with Gasteiger partial charge in [0.15, 0.2) is 5.82 Å². The van der Waals surface area contributed by atoms with Crippen molar-refractivity contribution in [2.24, 2.45) is 0 Å². The van der Waals surface area contributed by atoms with Crippen LogP contribution in [0, 0.1) is 3.57 Å². The molecule has 0 aliphatic heterocycles. The lowest BCUT2D eigenvalue weighted by molar-refractivity contribution is 0.460. The third-order valence-corrected chi connectivity index (χ3v) is 4.76. The number of rotatable bonds is 1. The molecule has 4 nitrogen and oxygen atoms in total. The number of halogens is 1. The smallest absolute Gasteiger partial charge is 0.222 e. The van der Waals surface area contributed by atoms with Crippen LogP contribution in [-0.4, -0.2) is 20.1 Å². The molecule has 3 aromatic heterocycles. The molecule has 3 heterocycles. The van der Waals surface area contributed by atoms with Crippen LogP contribution in [0.3, 0.4) is 0 Å². The molecule has 1 N–H and O–H groups in total. The fourth-order valence-corrected chi connectivity index (χ4v) is 3.47. The van der Waals surface area contributed by atoms with Crippen molar-refractivity contribution in [2.75, 3.05) is 0 Å². The highest BCUT2D eigenvalue weighted by Gasteiger charge is 2.11. The predicted octanol–water partition coefficient (Wildman–Crippen LogP) is 4.22. The SMILES string of the molecule is Oc1nc(-c2cc3sccc3cn2)nc2ccc(I)cc12. The molecule has 6 heteroatoms. The molecule has 4 aromatic rings. The largest absolute Gasteiger partial charge is 0.493 e. The Labute approximate surface area is 137 Å². The van der Waals surface area contributed by atoms with E-state index in [1.54, 1.807) is 17.5 Å². The van der Waals surface area contributed by atoms with Crippen molar-refractivity contribution in [3.05, 3.63) is 45.5 Å². The van der Waals surface area contributed by atoms with E-state index in [4.69, 9.17) is 0 Å². The van der Waals surface area contributed by atoms with Crippen LogP contribution < -0.4 is 0 Å². The number of fused-ring (bicyclic) bond motifs is 2. The second-order valence-electron chi connectivity index (χ2n) is 4.56. The first-order chi connectivity index (χ1) is 10.2. The summed E-state index contributed by atoms with van der Waals surface area (Å²) in [7, 11) is 0. The van der Waals surface area contributed by atoms with Gasteiger partial charge in [0.25, 0.3) is 0 Å². The summed E-state index contributed by atoms with van der Waals surface area (Å²) in [5.74, 6) is 0.429. The standard InChI is InChI=1S/C15H8IN3OS/c16-9-1-2-11-10(5-9)15(20)19-14(18-11)12-6-13-8(7-17-12)3-4-21-13/h1-7H,(H,18,19,20). The van der Waals surface area contributed by atoms with Crippen LogP contribution in [-0.2, 0) is 0 Å². The Balaban J connectivity index is 1.95. The number of thiophene rings is 1. The van der Waals surface area contributed by atoms with Gasteiger partial charge in [-0.3, -0.25) is 4.98 Å². The van der Waals surface area contributed by atoms with Crippen molar-refractivity contribution in [3.8, 4) is 17.4 Å². The molecule has 0 atom stereocenters. The van der Waals surface area contributed by atoms with Gasteiger partial charge < -0.3 is 5.11 Å². The predicted molar refractivity (Wildman–Crippen MR) is 92.5 cm³/mol. The van der Waals surface area contributed by atoms with Gasteiger partial charge in [-0.2, -0.15) is 4.98 Å². The van der Waals surface area contributed by atoms with Crippen LogP contribution in [0.2, 0.25) is 0 Å². The molecule has 0 saturated carbocycles. The number of aromatic hydroxyl groups is 1. The zero-order valence-corrected chi connectivity index (χ0v) is 13.6. The molecule has 0 amide bonds. The highest BCUT2D eigenvalue weighted by atomic mass is 127. The van der Waals surface area contributed by atoms with Crippen LogP contribution >= 0.6 is 33.9 Å². The topological polar surface area (TPSA) is 58.9 Å². The van der Waals surface area contributed by atoms with E-state index in [0.717, 1.165) is 13.7 Å². The minimum Gasteiger partial charge on any atom is -0.493 e. The van der Waals surface area contributed by atoms with Crippen LogP contribution in [0.5, 0.6) is 5.88 Å². The van der Waals surface area contributed by atoms with E-state index in [1.165, 1.54) is 0 Å². The molecule has 0 unspecified atom stereocenters. The van der Waals surface area contributed by atoms with Crippen molar-refractivity contribution in [1.29, 1.82) is 0 Å². The van der Waals surface area contributed by atoms with Crippen LogP contribution in [0.15, 0.2) is 41.9 Å². The molecule has 102 valence electrons. The average Bonchev–Trinajstić information content (AvgIpc) is 2.95. The molecule has 4 rings (SSSR count). The minimum absolute atomic E-state index is 0.0124. The van der Waals surface area contributed by atoms with E-state index in [0.29, 0.717) is 22.4 Å². The normalized spacial score (nSPS) is 11.3. The lowest BCUT2D eigenvalue weighted by atomic mass is 10.2. The van der Waals surface area contributed by atoms with Crippen molar-refractivity contribution < 1.29 is 5.11 Å². The molecule has 0 spiro atoms. The summed E-state index contributed by atoms with van der Waals surface area (Å²) < 4.78 is 2.16. The number of pyridine rings is 1. The third kappa shape index (κ3) is 2.24. The summed E-state index contributed by atoms with van der Waals surface area (Å²) in [6.45, 7) is 0. The van der Waals surface area contributed by atoms with E-state index in [-0.39, 0.29) is 5.88 Å². The maximum atomic E-state index is 10.1. The Hall–Kier alpha value is -1.80. The summed E-state index contributed by atoms with van der Waals surface area (Å²) in [5.41, 5.74) is 1.38. The molecule has 21 heavy (non-hydrogen) atoms. The minimum atomic E-state index is -0.0124. The number of hydrogen-bond donors (Lipinski definition) is 1. The second kappa shape index (κ2) is 4.88. The quantitative estimate of drug-likeness (QED) is 0.482. The van der Waals surface area contributed by atoms with Gasteiger partial charge in [0.05, 0.1) is 10.9 Å². The molecule has 0 aliphatic rings. The number of aromatic nitrogens is 3. The van der Waals surface area contributed by atoms with Gasteiger partial charge in [-0.1, -0.05) is 0 Å². The van der Waals surface area contributed by atoms with Crippen LogP contribution in [0.1, 0.15) is 0 Å². The van der Waals surface area contributed by atoms with Gasteiger partial charge in [-0.25, -0.2) is 4.98 Å². The van der Waals surface area contributed by atoms with Crippen molar-refractivity contribution >= 4 is 54.9 Å². The molecular weight excluding hydrogens is 397 g/mol. The van der Waals surface area contributed by atoms with Crippen molar-refractivity contribution in [2.45, 2.75) is 0 Å². The lowest BCUT2D eigenvalue weighted by Gasteiger charge is -2.04. The third-order valence-electron chi connectivity index (χ3n) is 3.20. The van der Waals surface area contributed by atoms with E-state index in [1.807, 2.05) is 35.7 Å². The molecule has 0 fully saturated rings. The highest BCUT2D eigenvalue weighted by Crippen LogP contribution is 2.28. The zero-order valence-electron chi connectivity index (χ0n) is 10.6. The zero-order chi connectivity index (χ0) is 14.4. The Bertz CT molecular complexity index is 983. The van der Waals surface area contributed by atoms with Gasteiger partial charge in [-0.05, 0) is 58.3 Å². The summed E-state index contributed by atoms with van der Waals surface area (Å²) >= 11 is 3.84. The summed E-state index contributed by atoms with van der Waals surface area (Å²) in [6.07, 6.45) is 1.81. The Kier molecular flexibility index (Phi) is 3.00. The summed E-state index contributed by atoms with van der Waals surface area (Å²) in [6, 6.07) is 9.68. The molecule has 0 aliphatic carbocycles. The fourth-order valence-electron chi connectivity index (χ4n) is 2.18. The molecular formula is C15H8IN3OS. The van der Waals surface area contributed by atoms with E-state index in [9.17, 15) is 5.11 Å². The first-order valence-corrected chi connectivity index (χ1v) is 8.16. The Morgan fingerprint density at radius 2 is 2.00 bits per heavy atom. The van der Waals surface area contributed by atoms with Crippen molar-refractivity contribution in [3.63, 3.8) is 0 Å². The van der Waals surface area contributed by atoms with E-state index in [2.05, 4.69) is 37.5 Å². The maximum absolute atomic E-state index is 10.1. The monoisotopic (exact) mass is 405 g/mol. The number of hydrogen-bond acceptors (Lipinski definition) is 5. The number of benzene rings is 1. The van der Waals surface area contributed by atoms with Gasteiger partial charge in [0, 0.05) is 19.9 Å². The van der Waals surface area contributed by atoms with Gasteiger partial charge in [-0.15, -0.1) is 11.3 Å². The van der Waals surface area contributed by atoms with Crippen LogP contribution in [0.4, 0.5) is 0 Å².